The van der Waals surface area contributed by atoms with Gasteiger partial charge in [0, 0.05) is 12.1 Å². The summed E-state index contributed by atoms with van der Waals surface area (Å²) in [7, 11) is 0. The third-order valence-electron chi connectivity index (χ3n) is 3.20. The van der Waals surface area contributed by atoms with E-state index in [9.17, 15) is 0 Å². The molecular formula is C16H19N3O. The summed E-state index contributed by atoms with van der Waals surface area (Å²) >= 11 is 0. The number of benzene rings is 1. The zero-order valence-corrected chi connectivity index (χ0v) is 11.7. The highest BCUT2D eigenvalue weighted by atomic mass is 16.5. The first-order valence-electron chi connectivity index (χ1n) is 7.20. The first kappa shape index (κ1) is 12.9. The van der Waals surface area contributed by atoms with Gasteiger partial charge in [0.2, 0.25) is 0 Å². The Balaban J connectivity index is 1.68. The summed E-state index contributed by atoms with van der Waals surface area (Å²) < 4.78 is 5.73. The fraction of sp³-hybridized carbons (Fsp3) is 0.375. The lowest BCUT2D eigenvalue weighted by Gasteiger charge is -2.06. The number of nitrogens with zero attached hydrogens (tertiary/aromatic N) is 2. The van der Waals surface area contributed by atoms with Crippen molar-refractivity contribution >= 4 is 5.82 Å². The van der Waals surface area contributed by atoms with Crippen molar-refractivity contribution in [3.8, 4) is 17.0 Å². The molecule has 0 spiro atoms. The van der Waals surface area contributed by atoms with Gasteiger partial charge in [0.15, 0.2) is 0 Å². The van der Waals surface area contributed by atoms with Crippen LogP contribution in [0.3, 0.4) is 0 Å². The van der Waals surface area contributed by atoms with Crippen molar-refractivity contribution in [1.82, 2.24) is 10.2 Å². The van der Waals surface area contributed by atoms with E-state index < -0.39 is 0 Å². The first-order valence-corrected chi connectivity index (χ1v) is 7.20. The Kier molecular flexibility index (Phi) is 3.81. The lowest BCUT2D eigenvalue weighted by atomic mass is 10.1. The monoisotopic (exact) mass is 269 g/mol. The molecule has 1 aromatic heterocycles. The van der Waals surface area contributed by atoms with Crippen molar-refractivity contribution in [2.75, 3.05) is 11.9 Å². The Hall–Kier alpha value is -2.10. The topological polar surface area (TPSA) is 47.0 Å². The number of rotatable bonds is 6. The van der Waals surface area contributed by atoms with Crippen LogP contribution in [0.15, 0.2) is 36.4 Å². The molecule has 2 aromatic rings. The van der Waals surface area contributed by atoms with E-state index in [1.165, 1.54) is 12.8 Å². The largest absolute Gasteiger partial charge is 0.490 e. The van der Waals surface area contributed by atoms with Crippen LogP contribution in [0.2, 0.25) is 0 Å². The summed E-state index contributed by atoms with van der Waals surface area (Å²) in [6.07, 6.45) is 3.87. The predicted molar refractivity (Wildman–Crippen MR) is 79.9 cm³/mol. The molecule has 0 amide bonds. The lowest BCUT2D eigenvalue weighted by molar-refractivity contribution is 0.303. The highest BCUT2D eigenvalue weighted by molar-refractivity contribution is 5.60. The SMILES string of the molecule is CCCNc1ccc(-c2ccc(OC3CC3)cc2)nn1. The molecule has 1 saturated carbocycles. The van der Waals surface area contributed by atoms with Crippen molar-refractivity contribution in [1.29, 1.82) is 0 Å². The van der Waals surface area contributed by atoms with Crippen LogP contribution in [-0.4, -0.2) is 22.8 Å². The average Bonchev–Trinajstić information content (AvgIpc) is 3.31. The van der Waals surface area contributed by atoms with Crippen LogP contribution >= 0.6 is 0 Å². The van der Waals surface area contributed by atoms with Crippen LogP contribution in [-0.2, 0) is 0 Å². The van der Waals surface area contributed by atoms with E-state index in [4.69, 9.17) is 4.74 Å². The second kappa shape index (κ2) is 5.90. The molecule has 1 aromatic carbocycles. The Morgan fingerprint density at radius 1 is 1.10 bits per heavy atom. The van der Waals surface area contributed by atoms with Gasteiger partial charge in [-0.3, -0.25) is 0 Å². The normalized spacial score (nSPS) is 14.1. The molecule has 4 nitrogen and oxygen atoms in total. The van der Waals surface area contributed by atoms with E-state index in [0.29, 0.717) is 6.10 Å². The van der Waals surface area contributed by atoms with E-state index in [2.05, 4.69) is 22.4 Å². The Morgan fingerprint density at radius 2 is 1.90 bits per heavy atom. The molecule has 0 radical (unpaired) electrons. The third kappa shape index (κ3) is 3.26. The summed E-state index contributed by atoms with van der Waals surface area (Å²) in [5.74, 6) is 1.76. The molecule has 0 saturated heterocycles. The van der Waals surface area contributed by atoms with Crippen LogP contribution in [0.5, 0.6) is 5.75 Å². The van der Waals surface area contributed by atoms with Gasteiger partial charge < -0.3 is 10.1 Å². The molecular weight excluding hydrogens is 250 g/mol. The zero-order valence-electron chi connectivity index (χ0n) is 11.7. The van der Waals surface area contributed by atoms with E-state index >= 15 is 0 Å². The van der Waals surface area contributed by atoms with E-state index in [1.807, 2.05) is 36.4 Å². The van der Waals surface area contributed by atoms with Gasteiger partial charge in [-0.2, -0.15) is 0 Å². The minimum atomic E-state index is 0.435. The van der Waals surface area contributed by atoms with Gasteiger partial charge in [-0.05, 0) is 55.7 Å². The number of hydrogen-bond acceptors (Lipinski definition) is 4. The van der Waals surface area contributed by atoms with Crippen molar-refractivity contribution in [3.05, 3.63) is 36.4 Å². The molecule has 0 unspecified atom stereocenters. The quantitative estimate of drug-likeness (QED) is 0.871. The predicted octanol–water partition coefficient (Wildman–Crippen LogP) is 3.51. The molecule has 1 aliphatic carbocycles. The van der Waals surface area contributed by atoms with Gasteiger partial charge >= 0.3 is 0 Å². The molecule has 104 valence electrons. The fourth-order valence-electron chi connectivity index (χ4n) is 1.92. The van der Waals surface area contributed by atoms with E-state index in [-0.39, 0.29) is 0 Å². The maximum absolute atomic E-state index is 5.73. The van der Waals surface area contributed by atoms with Crippen molar-refractivity contribution in [3.63, 3.8) is 0 Å². The summed E-state index contributed by atoms with van der Waals surface area (Å²) in [5.41, 5.74) is 1.94. The molecule has 20 heavy (non-hydrogen) atoms. The summed E-state index contributed by atoms with van der Waals surface area (Å²) in [4.78, 5) is 0. The maximum Gasteiger partial charge on any atom is 0.148 e. The van der Waals surface area contributed by atoms with E-state index in [1.54, 1.807) is 0 Å². The Labute approximate surface area is 119 Å². The number of anilines is 1. The van der Waals surface area contributed by atoms with Crippen LogP contribution in [0, 0.1) is 0 Å². The van der Waals surface area contributed by atoms with E-state index in [0.717, 1.165) is 35.8 Å². The lowest BCUT2D eigenvalue weighted by Crippen LogP contribution is -2.02. The molecule has 0 aliphatic heterocycles. The van der Waals surface area contributed by atoms with Crippen LogP contribution < -0.4 is 10.1 Å². The highest BCUT2D eigenvalue weighted by Crippen LogP contribution is 2.28. The molecule has 1 N–H and O–H groups in total. The summed E-state index contributed by atoms with van der Waals surface area (Å²) in [6, 6.07) is 12.0. The van der Waals surface area contributed by atoms with Crippen LogP contribution in [0.1, 0.15) is 26.2 Å². The van der Waals surface area contributed by atoms with Crippen LogP contribution in [0.25, 0.3) is 11.3 Å². The molecule has 4 heteroatoms. The van der Waals surface area contributed by atoms with Gasteiger partial charge in [-0.1, -0.05) is 6.92 Å². The molecule has 1 aliphatic rings. The van der Waals surface area contributed by atoms with Gasteiger partial charge in [0.25, 0.3) is 0 Å². The number of nitrogens with one attached hydrogen (secondary N) is 1. The molecule has 0 atom stereocenters. The van der Waals surface area contributed by atoms with Crippen LogP contribution in [0.4, 0.5) is 5.82 Å². The summed E-state index contributed by atoms with van der Waals surface area (Å²) in [5, 5.41) is 11.6. The molecule has 0 bridgehead atoms. The minimum absolute atomic E-state index is 0.435. The summed E-state index contributed by atoms with van der Waals surface area (Å²) in [6.45, 7) is 3.04. The van der Waals surface area contributed by atoms with Gasteiger partial charge in [0.1, 0.15) is 11.6 Å². The minimum Gasteiger partial charge on any atom is -0.490 e. The molecule has 3 rings (SSSR count). The van der Waals surface area contributed by atoms with Crippen molar-refractivity contribution in [2.45, 2.75) is 32.3 Å². The number of aromatic nitrogens is 2. The second-order valence-corrected chi connectivity index (χ2v) is 5.07. The number of hydrogen-bond donors (Lipinski definition) is 1. The first-order chi connectivity index (χ1) is 9.85. The highest BCUT2D eigenvalue weighted by Gasteiger charge is 2.23. The van der Waals surface area contributed by atoms with Gasteiger partial charge in [0.05, 0.1) is 11.8 Å². The molecule has 1 heterocycles. The average molecular weight is 269 g/mol. The third-order valence-corrected chi connectivity index (χ3v) is 3.20. The second-order valence-electron chi connectivity index (χ2n) is 5.07. The zero-order chi connectivity index (χ0) is 13.8. The Bertz CT molecular complexity index is 547. The van der Waals surface area contributed by atoms with Crippen molar-refractivity contribution < 1.29 is 4.74 Å². The number of ether oxygens (including phenoxy) is 1. The molecule has 1 fully saturated rings. The Morgan fingerprint density at radius 3 is 2.50 bits per heavy atom. The van der Waals surface area contributed by atoms with Crippen molar-refractivity contribution in [2.24, 2.45) is 0 Å². The van der Waals surface area contributed by atoms with Gasteiger partial charge in [-0.15, -0.1) is 10.2 Å². The van der Waals surface area contributed by atoms with Gasteiger partial charge in [-0.25, -0.2) is 0 Å². The fourth-order valence-corrected chi connectivity index (χ4v) is 1.92. The standard InChI is InChI=1S/C16H19N3O/c1-2-11-17-16-10-9-15(18-19-16)12-3-5-13(6-4-12)20-14-7-8-14/h3-6,9-10,14H,2,7-8,11H2,1H3,(H,17,19). The maximum atomic E-state index is 5.73. The smallest absolute Gasteiger partial charge is 0.148 e.